The van der Waals surface area contributed by atoms with Gasteiger partial charge in [0.1, 0.15) is 0 Å². The molecule has 1 aromatic rings. The first-order chi connectivity index (χ1) is 8.63. The van der Waals surface area contributed by atoms with Crippen molar-refractivity contribution in [2.45, 2.75) is 24.8 Å². The summed E-state index contributed by atoms with van der Waals surface area (Å²) in [5.41, 5.74) is 0.979. The molecule has 0 aliphatic carbocycles. The molecule has 0 radical (unpaired) electrons. The van der Waals surface area contributed by atoms with Crippen LogP contribution in [0.3, 0.4) is 0 Å². The van der Waals surface area contributed by atoms with E-state index in [2.05, 4.69) is 36.6 Å². The van der Waals surface area contributed by atoms with E-state index in [0.717, 1.165) is 10.0 Å². The minimum absolute atomic E-state index is 0.160. The smallest absolute Gasteiger partial charge is 0.242 e. The lowest BCUT2D eigenvalue weighted by Gasteiger charge is -2.19. The van der Waals surface area contributed by atoms with Crippen LogP contribution in [0.4, 0.5) is 0 Å². The Morgan fingerprint density at radius 3 is 2.37 bits per heavy atom. The average molecular weight is 414 g/mol. The van der Waals surface area contributed by atoms with E-state index >= 15 is 0 Å². The summed E-state index contributed by atoms with van der Waals surface area (Å²) >= 11 is 6.67. The molecule has 1 N–H and O–H groups in total. The van der Waals surface area contributed by atoms with Crippen molar-refractivity contribution in [2.75, 3.05) is 20.6 Å². The lowest BCUT2D eigenvalue weighted by atomic mass is 10.2. The zero-order chi connectivity index (χ0) is 14.8. The summed E-state index contributed by atoms with van der Waals surface area (Å²) in [6, 6.07) is 3.24. The first kappa shape index (κ1) is 17.1. The van der Waals surface area contributed by atoms with E-state index < -0.39 is 10.0 Å². The van der Waals surface area contributed by atoms with Crippen LogP contribution in [0.15, 0.2) is 26.0 Å². The van der Waals surface area contributed by atoms with Crippen LogP contribution < -0.4 is 4.72 Å². The third kappa shape index (κ3) is 4.82. The molecular formula is C12H18Br2N2O2S. The van der Waals surface area contributed by atoms with Gasteiger partial charge in [0.05, 0.1) is 4.90 Å². The fourth-order valence-electron chi connectivity index (χ4n) is 1.75. The van der Waals surface area contributed by atoms with Gasteiger partial charge in [0.2, 0.25) is 10.0 Å². The standard InChI is InChI=1S/C12H18Br2N2O2S/c1-8-5-11(14)12(6-10(8)13)19(17,18)15-9(2)7-16(3)4/h5-6,9,15H,7H2,1-4H3. The minimum Gasteiger partial charge on any atom is -0.308 e. The van der Waals surface area contributed by atoms with Gasteiger partial charge in [-0.05, 0) is 61.6 Å². The van der Waals surface area contributed by atoms with Crippen molar-refractivity contribution in [1.29, 1.82) is 0 Å². The zero-order valence-electron chi connectivity index (χ0n) is 11.4. The van der Waals surface area contributed by atoms with Crippen LogP contribution in [-0.2, 0) is 10.0 Å². The van der Waals surface area contributed by atoms with Crippen LogP contribution in [0.1, 0.15) is 12.5 Å². The second-order valence-corrected chi connectivity index (χ2v) is 8.21. The van der Waals surface area contributed by atoms with Crippen LogP contribution in [-0.4, -0.2) is 40.0 Å². The fourth-order valence-corrected chi connectivity index (χ4v) is 4.66. The molecule has 1 rings (SSSR count). The Bertz CT molecular complexity index is 559. The van der Waals surface area contributed by atoms with Crippen molar-refractivity contribution in [3.05, 3.63) is 26.6 Å². The third-order valence-electron chi connectivity index (χ3n) is 2.50. The summed E-state index contributed by atoms with van der Waals surface area (Å²) in [6.07, 6.45) is 0. The third-order valence-corrected chi connectivity index (χ3v) is 5.90. The first-order valence-corrected chi connectivity index (χ1v) is 8.83. The molecule has 108 valence electrons. The summed E-state index contributed by atoms with van der Waals surface area (Å²) in [6.45, 7) is 4.39. The van der Waals surface area contributed by atoms with Gasteiger partial charge in [0, 0.05) is 21.5 Å². The Labute approximate surface area is 131 Å². The molecule has 0 spiro atoms. The number of aryl methyl sites for hydroxylation is 1. The maximum atomic E-state index is 12.3. The van der Waals surface area contributed by atoms with Gasteiger partial charge in [-0.1, -0.05) is 15.9 Å². The van der Waals surface area contributed by atoms with Crippen molar-refractivity contribution in [2.24, 2.45) is 0 Å². The number of sulfonamides is 1. The number of halogens is 2. The molecule has 0 aliphatic heterocycles. The Morgan fingerprint density at radius 1 is 1.26 bits per heavy atom. The van der Waals surface area contributed by atoms with E-state index in [1.807, 2.05) is 32.8 Å². The Kier molecular flexibility index (Phi) is 6.00. The molecule has 1 aromatic carbocycles. The van der Waals surface area contributed by atoms with Gasteiger partial charge in [-0.2, -0.15) is 0 Å². The van der Waals surface area contributed by atoms with Gasteiger partial charge in [-0.3, -0.25) is 0 Å². The van der Waals surface area contributed by atoms with Crippen molar-refractivity contribution in [1.82, 2.24) is 9.62 Å². The highest BCUT2D eigenvalue weighted by Gasteiger charge is 2.21. The predicted octanol–water partition coefficient (Wildman–Crippen LogP) is 2.75. The Morgan fingerprint density at radius 2 is 1.84 bits per heavy atom. The van der Waals surface area contributed by atoms with Crippen molar-refractivity contribution >= 4 is 41.9 Å². The summed E-state index contributed by atoms with van der Waals surface area (Å²) < 4.78 is 28.7. The van der Waals surface area contributed by atoms with Crippen LogP contribution >= 0.6 is 31.9 Å². The lowest BCUT2D eigenvalue weighted by molar-refractivity contribution is 0.370. The molecule has 0 aliphatic rings. The van der Waals surface area contributed by atoms with Crippen molar-refractivity contribution in [3.63, 3.8) is 0 Å². The quantitative estimate of drug-likeness (QED) is 0.807. The largest absolute Gasteiger partial charge is 0.308 e. The van der Waals surface area contributed by atoms with Crippen molar-refractivity contribution in [3.8, 4) is 0 Å². The summed E-state index contributed by atoms with van der Waals surface area (Å²) in [5, 5.41) is 0. The molecule has 19 heavy (non-hydrogen) atoms. The predicted molar refractivity (Wildman–Crippen MR) is 84.9 cm³/mol. The monoisotopic (exact) mass is 412 g/mol. The van der Waals surface area contributed by atoms with Crippen LogP contribution in [0.5, 0.6) is 0 Å². The van der Waals surface area contributed by atoms with E-state index in [1.54, 1.807) is 12.1 Å². The minimum atomic E-state index is -3.53. The normalized spacial score (nSPS) is 13.8. The highest BCUT2D eigenvalue weighted by molar-refractivity contribution is 9.11. The van der Waals surface area contributed by atoms with Gasteiger partial charge in [0.15, 0.2) is 0 Å². The zero-order valence-corrected chi connectivity index (χ0v) is 15.4. The molecule has 1 atom stereocenters. The van der Waals surface area contributed by atoms with Gasteiger partial charge in [-0.25, -0.2) is 13.1 Å². The molecule has 0 aromatic heterocycles. The maximum Gasteiger partial charge on any atom is 0.242 e. The molecular weight excluding hydrogens is 396 g/mol. The molecule has 1 unspecified atom stereocenters. The highest BCUT2D eigenvalue weighted by atomic mass is 79.9. The van der Waals surface area contributed by atoms with Crippen molar-refractivity contribution < 1.29 is 8.42 Å². The van der Waals surface area contributed by atoms with Crippen LogP contribution in [0, 0.1) is 6.92 Å². The van der Waals surface area contributed by atoms with Gasteiger partial charge >= 0.3 is 0 Å². The van der Waals surface area contributed by atoms with E-state index in [4.69, 9.17) is 0 Å². The van der Waals surface area contributed by atoms with Crippen LogP contribution in [0.25, 0.3) is 0 Å². The topological polar surface area (TPSA) is 49.4 Å². The van der Waals surface area contributed by atoms with E-state index in [9.17, 15) is 8.42 Å². The SMILES string of the molecule is Cc1cc(Br)c(S(=O)(=O)NC(C)CN(C)C)cc1Br. The van der Waals surface area contributed by atoms with Gasteiger partial charge in [-0.15, -0.1) is 0 Å². The van der Waals surface area contributed by atoms with E-state index in [0.29, 0.717) is 11.0 Å². The molecule has 4 nitrogen and oxygen atoms in total. The molecule has 0 heterocycles. The van der Waals surface area contributed by atoms with Gasteiger partial charge in [0.25, 0.3) is 0 Å². The molecule has 0 amide bonds. The molecule has 0 saturated carbocycles. The number of benzene rings is 1. The Hall–Kier alpha value is 0.0500. The number of rotatable bonds is 5. The summed E-state index contributed by atoms with van der Waals surface area (Å²) in [4.78, 5) is 2.18. The number of hydrogen-bond donors (Lipinski definition) is 1. The number of nitrogens with one attached hydrogen (secondary N) is 1. The first-order valence-electron chi connectivity index (χ1n) is 5.76. The molecule has 7 heteroatoms. The Balaban J connectivity index is 3.04. The molecule has 0 fully saturated rings. The summed E-state index contributed by atoms with van der Waals surface area (Å²) in [7, 11) is 0.283. The van der Waals surface area contributed by atoms with E-state index in [1.165, 1.54) is 0 Å². The molecule has 0 saturated heterocycles. The van der Waals surface area contributed by atoms with Gasteiger partial charge < -0.3 is 4.90 Å². The fraction of sp³-hybridized carbons (Fsp3) is 0.500. The average Bonchev–Trinajstić information content (AvgIpc) is 2.20. The number of hydrogen-bond acceptors (Lipinski definition) is 3. The summed E-state index contributed by atoms with van der Waals surface area (Å²) in [5.74, 6) is 0. The van der Waals surface area contributed by atoms with Crippen LogP contribution in [0.2, 0.25) is 0 Å². The maximum absolute atomic E-state index is 12.3. The highest BCUT2D eigenvalue weighted by Crippen LogP contribution is 2.28. The molecule has 0 bridgehead atoms. The van der Waals surface area contributed by atoms with E-state index in [-0.39, 0.29) is 10.9 Å². The lowest BCUT2D eigenvalue weighted by Crippen LogP contribution is -2.39. The second-order valence-electron chi connectivity index (χ2n) is 4.82. The number of likely N-dealkylation sites (N-methyl/N-ethyl adjacent to an activating group) is 1. The number of nitrogens with zero attached hydrogens (tertiary/aromatic N) is 1. The second kappa shape index (κ2) is 6.67.